The van der Waals surface area contributed by atoms with Crippen LogP contribution in [0.3, 0.4) is 0 Å². The van der Waals surface area contributed by atoms with Crippen molar-refractivity contribution in [3.05, 3.63) is 28.8 Å². The number of nitrogens with one attached hydrogen (secondary N) is 1. The number of primary amides is 1. The molecule has 0 heterocycles. The van der Waals surface area contributed by atoms with E-state index in [1.54, 1.807) is 18.2 Å². The SMILES string of the molecule is CC(C)(CC(N)=O)NCc1cccc(Cl)c1O. The number of phenols is 1. The lowest BCUT2D eigenvalue weighted by atomic mass is 10.00. The molecule has 0 saturated heterocycles. The quantitative estimate of drug-likeness (QED) is 0.752. The Morgan fingerprint density at radius 1 is 1.53 bits per heavy atom. The minimum absolute atomic E-state index is 0.0662. The summed E-state index contributed by atoms with van der Waals surface area (Å²) >= 11 is 5.80. The van der Waals surface area contributed by atoms with Crippen molar-refractivity contribution in [1.82, 2.24) is 5.32 Å². The highest BCUT2D eigenvalue weighted by atomic mass is 35.5. The minimum atomic E-state index is -0.416. The maximum Gasteiger partial charge on any atom is 0.219 e. The van der Waals surface area contributed by atoms with E-state index in [4.69, 9.17) is 17.3 Å². The van der Waals surface area contributed by atoms with Crippen LogP contribution in [0.15, 0.2) is 18.2 Å². The highest BCUT2D eigenvalue weighted by Crippen LogP contribution is 2.27. The molecule has 0 aliphatic carbocycles. The molecule has 0 aromatic heterocycles. The number of para-hydroxylation sites is 1. The Balaban J connectivity index is 2.67. The summed E-state index contributed by atoms with van der Waals surface area (Å²) in [6.45, 7) is 4.17. The predicted molar refractivity (Wildman–Crippen MR) is 67.8 cm³/mol. The number of phenolic OH excluding ortho intramolecular Hbond substituents is 1. The van der Waals surface area contributed by atoms with Crippen LogP contribution in [0.5, 0.6) is 5.75 Å². The Morgan fingerprint density at radius 2 is 2.18 bits per heavy atom. The first-order valence-electron chi connectivity index (χ1n) is 5.31. The van der Waals surface area contributed by atoms with Crippen LogP contribution < -0.4 is 11.1 Å². The number of hydrogen-bond donors (Lipinski definition) is 3. The molecule has 0 saturated carbocycles. The van der Waals surface area contributed by atoms with Crippen LogP contribution in [0.25, 0.3) is 0 Å². The molecule has 1 aromatic carbocycles. The number of amides is 1. The van der Waals surface area contributed by atoms with Gasteiger partial charge in [-0.1, -0.05) is 23.7 Å². The van der Waals surface area contributed by atoms with E-state index in [0.717, 1.165) is 0 Å². The van der Waals surface area contributed by atoms with Gasteiger partial charge in [0.15, 0.2) is 0 Å². The number of aromatic hydroxyl groups is 1. The van der Waals surface area contributed by atoms with E-state index in [1.165, 1.54) is 0 Å². The van der Waals surface area contributed by atoms with Gasteiger partial charge in [0.25, 0.3) is 0 Å². The van der Waals surface area contributed by atoms with Crippen molar-refractivity contribution in [2.24, 2.45) is 5.73 Å². The Morgan fingerprint density at radius 3 is 2.76 bits per heavy atom. The molecule has 0 fully saturated rings. The molecule has 5 heteroatoms. The van der Waals surface area contributed by atoms with Gasteiger partial charge < -0.3 is 16.2 Å². The second kappa shape index (κ2) is 5.38. The Kier molecular flexibility index (Phi) is 4.37. The summed E-state index contributed by atoms with van der Waals surface area (Å²) < 4.78 is 0. The smallest absolute Gasteiger partial charge is 0.219 e. The molecule has 1 amide bonds. The lowest BCUT2D eigenvalue weighted by molar-refractivity contribution is -0.119. The van der Waals surface area contributed by atoms with Crippen LogP contribution in [0.4, 0.5) is 0 Å². The third kappa shape index (κ3) is 4.24. The minimum Gasteiger partial charge on any atom is -0.506 e. The van der Waals surface area contributed by atoms with Gasteiger partial charge in [0.1, 0.15) is 5.75 Å². The maximum atomic E-state index is 10.9. The molecule has 0 spiro atoms. The van der Waals surface area contributed by atoms with Crippen LogP contribution in [0.2, 0.25) is 5.02 Å². The monoisotopic (exact) mass is 256 g/mol. The van der Waals surface area contributed by atoms with Crippen molar-refractivity contribution in [1.29, 1.82) is 0 Å². The van der Waals surface area contributed by atoms with Crippen LogP contribution >= 0.6 is 11.6 Å². The van der Waals surface area contributed by atoms with Crippen molar-refractivity contribution < 1.29 is 9.90 Å². The zero-order valence-electron chi connectivity index (χ0n) is 9.96. The van der Waals surface area contributed by atoms with Gasteiger partial charge in [-0.25, -0.2) is 0 Å². The largest absolute Gasteiger partial charge is 0.506 e. The number of carbonyl (C=O) groups is 1. The van der Waals surface area contributed by atoms with Gasteiger partial charge in [0, 0.05) is 24.1 Å². The Hall–Kier alpha value is -1.26. The summed E-state index contributed by atoms with van der Waals surface area (Å²) in [5.41, 5.74) is 5.43. The molecule has 0 aliphatic rings. The topological polar surface area (TPSA) is 75.4 Å². The predicted octanol–water partition coefficient (Wildman–Crippen LogP) is 1.79. The van der Waals surface area contributed by atoms with Gasteiger partial charge in [0.05, 0.1) is 5.02 Å². The van der Waals surface area contributed by atoms with Crippen molar-refractivity contribution in [3.8, 4) is 5.75 Å². The van der Waals surface area contributed by atoms with Crippen LogP contribution in [0, 0.1) is 0 Å². The average molecular weight is 257 g/mol. The van der Waals surface area contributed by atoms with Crippen LogP contribution in [-0.2, 0) is 11.3 Å². The molecular weight excluding hydrogens is 240 g/mol. The number of nitrogens with two attached hydrogens (primary N) is 1. The molecule has 94 valence electrons. The normalized spacial score (nSPS) is 11.5. The number of halogens is 1. The third-order valence-corrected chi connectivity index (χ3v) is 2.75. The van der Waals surface area contributed by atoms with Crippen molar-refractivity contribution in [3.63, 3.8) is 0 Å². The number of carbonyl (C=O) groups excluding carboxylic acids is 1. The molecule has 1 rings (SSSR count). The lowest BCUT2D eigenvalue weighted by Crippen LogP contribution is -2.42. The summed E-state index contributed by atoms with van der Waals surface area (Å²) in [6, 6.07) is 5.16. The van der Waals surface area contributed by atoms with E-state index in [0.29, 0.717) is 17.1 Å². The van der Waals surface area contributed by atoms with Gasteiger partial charge in [0.2, 0.25) is 5.91 Å². The molecule has 0 aliphatic heterocycles. The highest BCUT2D eigenvalue weighted by Gasteiger charge is 2.20. The average Bonchev–Trinajstić information content (AvgIpc) is 2.18. The number of rotatable bonds is 5. The second-order valence-electron chi connectivity index (χ2n) is 4.63. The Labute approximate surface area is 106 Å². The van der Waals surface area contributed by atoms with Crippen molar-refractivity contribution in [2.75, 3.05) is 0 Å². The van der Waals surface area contributed by atoms with Gasteiger partial charge in [-0.05, 0) is 19.9 Å². The van der Waals surface area contributed by atoms with Crippen molar-refractivity contribution in [2.45, 2.75) is 32.4 Å². The summed E-state index contributed by atoms with van der Waals surface area (Å²) in [4.78, 5) is 10.9. The number of hydrogen-bond acceptors (Lipinski definition) is 3. The molecule has 4 nitrogen and oxygen atoms in total. The van der Waals surface area contributed by atoms with Gasteiger partial charge in [-0.2, -0.15) is 0 Å². The summed E-state index contributed by atoms with van der Waals surface area (Å²) in [6.07, 6.45) is 0.230. The molecular formula is C12H17ClN2O2. The van der Waals surface area contributed by atoms with E-state index in [1.807, 2.05) is 13.8 Å². The van der Waals surface area contributed by atoms with E-state index in [2.05, 4.69) is 5.32 Å². The fourth-order valence-electron chi connectivity index (χ4n) is 1.54. The molecule has 0 radical (unpaired) electrons. The first-order chi connectivity index (χ1) is 7.82. The van der Waals surface area contributed by atoms with Crippen LogP contribution in [-0.4, -0.2) is 16.6 Å². The van der Waals surface area contributed by atoms with E-state index < -0.39 is 5.54 Å². The number of benzene rings is 1. The highest BCUT2D eigenvalue weighted by molar-refractivity contribution is 6.32. The van der Waals surface area contributed by atoms with E-state index >= 15 is 0 Å². The molecule has 0 bridgehead atoms. The lowest BCUT2D eigenvalue weighted by Gasteiger charge is -2.25. The first-order valence-corrected chi connectivity index (χ1v) is 5.69. The molecule has 1 aromatic rings. The van der Waals surface area contributed by atoms with Gasteiger partial charge in [-0.15, -0.1) is 0 Å². The molecule has 0 atom stereocenters. The molecule has 0 unspecified atom stereocenters. The van der Waals surface area contributed by atoms with Crippen molar-refractivity contribution >= 4 is 17.5 Å². The maximum absolute atomic E-state index is 10.9. The zero-order valence-corrected chi connectivity index (χ0v) is 10.7. The van der Waals surface area contributed by atoms with E-state index in [9.17, 15) is 9.90 Å². The Bertz CT molecular complexity index is 419. The standard InChI is InChI=1S/C12H17ClN2O2/c1-12(2,6-10(14)16)15-7-8-4-3-5-9(13)11(8)17/h3-5,15,17H,6-7H2,1-2H3,(H2,14,16). The third-order valence-electron chi connectivity index (χ3n) is 2.44. The fourth-order valence-corrected chi connectivity index (χ4v) is 1.73. The summed E-state index contributed by atoms with van der Waals surface area (Å²) in [5, 5.41) is 13.2. The fraction of sp³-hybridized carbons (Fsp3) is 0.417. The summed E-state index contributed by atoms with van der Waals surface area (Å²) in [5.74, 6) is -0.297. The van der Waals surface area contributed by atoms with Crippen LogP contribution in [0.1, 0.15) is 25.8 Å². The van der Waals surface area contributed by atoms with Gasteiger partial charge in [-0.3, -0.25) is 4.79 Å². The molecule has 4 N–H and O–H groups in total. The molecule has 17 heavy (non-hydrogen) atoms. The second-order valence-corrected chi connectivity index (χ2v) is 5.04. The summed E-state index contributed by atoms with van der Waals surface area (Å²) in [7, 11) is 0. The van der Waals surface area contributed by atoms with E-state index in [-0.39, 0.29) is 18.1 Å². The zero-order chi connectivity index (χ0) is 13.1. The van der Waals surface area contributed by atoms with Gasteiger partial charge >= 0.3 is 0 Å². The first kappa shape index (κ1) is 13.8.